The lowest BCUT2D eigenvalue weighted by Gasteiger charge is -2.29. The molecule has 1 saturated heterocycles. The van der Waals surface area contributed by atoms with Gasteiger partial charge in [-0.05, 0) is 24.6 Å². The summed E-state index contributed by atoms with van der Waals surface area (Å²) in [7, 11) is 0. The van der Waals surface area contributed by atoms with Crippen LogP contribution in [-0.4, -0.2) is 43.6 Å². The van der Waals surface area contributed by atoms with Crippen LogP contribution in [0.2, 0.25) is 0 Å². The maximum absolute atomic E-state index is 12.4. The lowest BCUT2D eigenvalue weighted by Crippen LogP contribution is -3.28. The van der Waals surface area contributed by atoms with Crippen molar-refractivity contribution in [2.75, 3.05) is 32.7 Å². The van der Waals surface area contributed by atoms with Crippen LogP contribution >= 0.6 is 11.3 Å². The average Bonchev–Trinajstić information content (AvgIpc) is 3.12. The van der Waals surface area contributed by atoms with E-state index in [-0.39, 0.29) is 11.9 Å². The molecule has 0 unspecified atom stereocenters. The van der Waals surface area contributed by atoms with Crippen LogP contribution in [0.1, 0.15) is 23.5 Å². The number of hydrogen-bond donors (Lipinski definition) is 3. The van der Waals surface area contributed by atoms with E-state index in [4.69, 9.17) is 4.98 Å². The van der Waals surface area contributed by atoms with Gasteiger partial charge in [-0.2, -0.15) is 0 Å². The van der Waals surface area contributed by atoms with Gasteiger partial charge in [-0.15, -0.1) is 11.3 Å². The van der Waals surface area contributed by atoms with E-state index in [9.17, 15) is 4.79 Å². The molecule has 1 aliphatic heterocycles. The van der Waals surface area contributed by atoms with Crippen molar-refractivity contribution in [3.05, 3.63) is 65.2 Å². The number of quaternary nitrogens is 2. The van der Waals surface area contributed by atoms with E-state index in [1.165, 1.54) is 14.6 Å². The fourth-order valence-electron chi connectivity index (χ4n) is 3.86. The second-order valence-corrected chi connectivity index (χ2v) is 8.74. The van der Waals surface area contributed by atoms with Gasteiger partial charge >= 0.3 is 0 Å². The van der Waals surface area contributed by atoms with E-state index < -0.39 is 0 Å². The molecule has 0 radical (unpaired) electrons. The number of thiazole rings is 1. The monoisotopic (exact) mass is 396 g/mol. The molecule has 1 aromatic heterocycles. The molecule has 3 aromatic rings. The number of nitrogens with zero attached hydrogens (tertiary/aromatic N) is 1. The molecule has 0 bridgehead atoms. The molecule has 1 atom stereocenters. The van der Waals surface area contributed by atoms with Crippen molar-refractivity contribution in [2.24, 2.45) is 0 Å². The van der Waals surface area contributed by atoms with Crippen molar-refractivity contribution >= 4 is 27.5 Å². The molecular weight excluding hydrogens is 368 g/mol. The largest absolute Gasteiger partial charge is 0.345 e. The molecule has 146 valence electrons. The summed E-state index contributed by atoms with van der Waals surface area (Å²) < 4.78 is 1.27. The zero-order chi connectivity index (χ0) is 19.3. The maximum atomic E-state index is 12.4. The van der Waals surface area contributed by atoms with Gasteiger partial charge in [0, 0.05) is 0 Å². The molecule has 3 N–H and O–H groups in total. The number of amides is 1. The zero-order valence-electron chi connectivity index (χ0n) is 16.3. The first kappa shape index (κ1) is 19.1. The number of piperazine rings is 1. The third kappa shape index (κ3) is 4.76. The first-order chi connectivity index (χ1) is 13.7. The molecule has 1 amide bonds. The highest BCUT2D eigenvalue weighted by atomic mass is 32.1. The van der Waals surface area contributed by atoms with Gasteiger partial charge in [-0.3, -0.25) is 4.79 Å². The molecule has 1 fully saturated rings. The molecule has 0 saturated carbocycles. The average molecular weight is 397 g/mol. The lowest BCUT2D eigenvalue weighted by molar-refractivity contribution is -1.02. The van der Waals surface area contributed by atoms with Crippen LogP contribution in [0.4, 0.5) is 0 Å². The summed E-state index contributed by atoms with van der Waals surface area (Å²) in [6.07, 6.45) is 0. The molecule has 2 aromatic carbocycles. The van der Waals surface area contributed by atoms with Crippen molar-refractivity contribution in [2.45, 2.75) is 19.5 Å². The highest BCUT2D eigenvalue weighted by Crippen LogP contribution is 2.20. The number of rotatable bonds is 6. The highest BCUT2D eigenvalue weighted by Gasteiger charge is 2.26. The van der Waals surface area contributed by atoms with Crippen LogP contribution in [0.3, 0.4) is 0 Å². The van der Waals surface area contributed by atoms with Gasteiger partial charge in [0.15, 0.2) is 6.54 Å². The number of benzene rings is 2. The lowest BCUT2D eigenvalue weighted by atomic mass is 10.1. The first-order valence-electron chi connectivity index (χ1n) is 10.0. The summed E-state index contributed by atoms with van der Waals surface area (Å²) in [5.74, 6) is 0.140. The van der Waals surface area contributed by atoms with Gasteiger partial charge in [-0.25, -0.2) is 4.98 Å². The molecule has 2 heterocycles. The van der Waals surface area contributed by atoms with Crippen LogP contribution < -0.4 is 15.1 Å². The van der Waals surface area contributed by atoms with E-state index in [0.717, 1.165) is 43.8 Å². The molecule has 1 aliphatic rings. The minimum atomic E-state index is 0.0547. The van der Waals surface area contributed by atoms with E-state index in [1.807, 2.05) is 31.2 Å². The van der Waals surface area contributed by atoms with Gasteiger partial charge in [0.2, 0.25) is 0 Å². The number of carbonyl (C=O) groups is 1. The maximum Gasteiger partial charge on any atom is 0.275 e. The predicted octanol–water partition coefficient (Wildman–Crippen LogP) is 0.457. The van der Waals surface area contributed by atoms with Crippen LogP contribution in [-0.2, 0) is 11.3 Å². The van der Waals surface area contributed by atoms with E-state index in [2.05, 4.69) is 35.6 Å². The molecule has 4 rings (SSSR count). The Labute approximate surface area is 170 Å². The van der Waals surface area contributed by atoms with Gasteiger partial charge in [-0.1, -0.05) is 42.5 Å². The summed E-state index contributed by atoms with van der Waals surface area (Å²) >= 11 is 1.80. The first-order valence-corrected chi connectivity index (χ1v) is 10.8. The minimum absolute atomic E-state index is 0.0547. The predicted molar refractivity (Wildman–Crippen MR) is 113 cm³/mol. The van der Waals surface area contributed by atoms with Gasteiger partial charge < -0.3 is 15.1 Å². The Balaban J connectivity index is 1.23. The van der Waals surface area contributed by atoms with Crippen LogP contribution in [0.15, 0.2) is 54.6 Å². The van der Waals surface area contributed by atoms with Gasteiger partial charge in [0.05, 0.1) is 16.3 Å². The smallest absolute Gasteiger partial charge is 0.275 e. The standard InChI is InChI=1S/C22H26N4OS/c1-17(18-7-3-2-4-8-18)23-21(27)15-25-11-13-26(14-12-25)16-22-24-19-9-5-6-10-20(19)28-22/h2-10,17H,11-16H2,1H3,(H,23,27)/p+2/t17-/m1/s1. The van der Waals surface area contributed by atoms with Crippen molar-refractivity contribution in [3.8, 4) is 0 Å². The number of para-hydroxylation sites is 1. The Morgan fingerprint density at radius 3 is 2.46 bits per heavy atom. The summed E-state index contributed by atoms with van der Waals surface area (Å²) in [6, 6.07) is 18.5. The summed E-state index contributed by atoms with van der Waals surface area (Å²) in [4.78, 5) is 20.1. The second kappa shape index (κ2) is 8.82. The Kier molecular flexibility index (Phi) is 6.00. The Bertz CT molecular complexity index is 885. The zero-order valence-corrected chi connectivity index (χ0v) is 17.1. The van der Waals surface area contributed by atoms with Crippen LogP contribution in [0, 0.1) is 0 Å². The number of nitrogens with one attached hydrogen (secondary N) is 3. The third-order valence-corrected chi connectivity index (χ3v) is 6.53. The minimum Gasteiger partial charge on any atom is -0.345 e. The van der Waals surface area contributed by atoms with E-state index in [0.29, 0.717) is 6.54 Å². The SMILES string of the molecule is C[C@@H](NC(=O)C[NH+]1CC[NH+](Cc2nc3ccccc3s2)CC1)c1ccccc1. The Morgan fingerprint density at radius 2 is 1.71 bits per heavy atom. The highest BCUT2D eigenvalue weighted by molar-refractivity contribution is 7.18. The van der Waals surface area contributed by atoms with Crippen LogP contribution in [0.5, 0.6) is 0 Å². The van der Waals surface area contributed by atoms with Crippen molar-refractivity contribution in [1.82, 2.24) is 10.3 Å². The van der Waals surface area contributed by atoms with E-state index >= 15 is 0 Å². The molecule has 6 heteroatoms. The Hall–Kier alpha value is -2.28. The fourth-order valence-corrected chi connectivity index (χ4v) is 4.90. The number of aromatic nitrogens is 1. The summed E-state index contributed by atoms with van der Waals surface area (Å²) in [5, 5.41) is 4.35. The Morgan fingerprint density at radius 1 is 1.04 bits per heavy atom. The summed E-state index contributed by atoms with van der Waals surface area (Å²) in [6.45, 7) is 7.85. The second-order valence-electron chi connectivity index (χ2n) is 7.63. The molecule has 28 heavy (non-hydrogen) atoms. The molecule has 0 aliphatic carbocycles. The van der Waals surface area contributed by atoms with E-state index in [1.54, 1.807) is 16.2 Å². The molecule has 0 spiro atoms. The quantitative estimate of drug-likeness (QED) is 0.567. The van der Waals surface area contributed by atoms with Crippen molar-refractivity contribution in [1.29, 1.82) is 0 Å². The molecular formula is C22H28N4OS+2. The van der Waals surface area contributed by atoms with Crippen molar-refractivity contribution < 1.29 is 14.6 Å². The molecule has 5 nitrogen and oxygen atoms in total. The van der Waals surface area contributed by atoms with Crippen molar-refractivity contribution in [3.63, 3.8) is 0 Å². The number of carbonyl (C=O) groups excluding carboxylic acids is 1. The van der Waals surface area contributed by atoms with Gasteiger partial charge in [0.1, 0.15) is 37.7 Å². The number of fused-ring (bicyclic) bond motifs is 1. The topological polar surface area (TPSA) is 50.9 Å². The normalized spacial score (nSPS) is 20.8. The van der Waals surface area contributed by atoms with Crippen LogP contribution in [0.25, 0.3) is 10.2 Å². The summed E-state index contributed by atoms with van der Waals surface area (Å²) in [5.41, 5.74) is 2.26. The third-order valence-electron chi connectivity index (χ3n) is 5.49. The van der Waals surface area contributed by atoms with Gasteiger partial charge in [0.25, 0.3) is 5.91 Å². The fraction of sp³-hybridized carbons (Fsp3) is 0.364. The number of hydrogen-bond acceptors (Lipinski definition) is 3.